The van der Waals surface area contributed by atoms with Crippen molar-refractivity contribution >= 4 is 21.7 Å². The Morgan fingerprint density at radius 2 is 1.93 bits per heavy atom. The van der Waals surface area contributed by atoms with Gasteiger partial charge in [0.1, 0.15) is 5.75 Å². The molecule has 0 spiro atoms. The van der Waals surface area contributed by atoms with Crippen molar-refractivity contribution in [2.45, 2.75) is 64.0 Å². The molecule has 1 aromatic carbocycles. The van der Waals surface area contributed by atoms with Crippen molar-refractivity contribution < 1.29 is 23.1 Å². The van der Waals surface area contributed by atoms with Crippen molar-refractivity contribution in [3.05, 3.63) is 29.3 Å². The number of Topliss-reactive ketones (excluding diaryl/α,β-unsaturated/α-hetero) is 1. The minimum Gasteiger partial charge on any atom is -0.508 e. The van der Waals surface area contributed by atoms with Gasteiger partial charge in [-0.15, -0.1) is 0 Å². The van der Waals surface area contributed by atoms with Crippen molar-refractivity contribution in [1.82, 2.24) is 9.62 Å². The number of likely N-dealkylation sites (tertiary alicyclic amines) is 1. The number of ketones is 1. The fourth-order valence-corrected chi connectivity index (χ4v) is 6.61. The highest BCUT2D eigenvalue weighted by Crippen LogP contribution is 2.57. The van der Waals surface area contributed by atoms with E-state index in [-0.39, 0.29) is 47.2 Å². The molecule has 8 heteroatoms. The van der Waals surface area contributed by atoms with Crippen LogP contribution in [0.1, 0.15) is 51.2 Å². The first-order valence-electron chi connectivity index (χ1n) is 10.5. The molecular weight excluding hydrogens is 404 g/mol. The van der Waals surface area contributed by atoms with E-state index >= 15 is 0 Å². The molecule has 1 aromatic rings. The van der Waals surface area contributed by atoms with E-state index in [2.05, 4.69) is 31.6 Å². The van der Waals surface area contributed by atoms with Crippen LogP contribution in [0.4, 0.5) is 0 Å². The number of rotatable bonds is 3. The number of carbonyl (C=O) groups is 2. The fourth-order valence-electron chi connectivity index (χ4n) is 5.87. The average Bonchev–Trinajstić information content (AvgIpc) is 2.97. The van der Waals surface area contributed by atoms with Crippen molar-refractivity contribution in [2.24, 2.45) is 11.3 Å². The predicted octanol–water partition coefficient (Wildman–Crippen LogP) is 1.73. The number of amides is 1. The summed E-state index contributed by atoms with van der Waals surface area (Å²) in [5, 5.41) is 10.5. The summed E-state index contributed by atoms with van der Waals surface area (Å²) in [5.74, 6) is -0.559. The third-order valence-corrected chi connectivity index (χ3v) is 8.69. The summed E-state index contributed by atoms with van der Waals surface area (Å²) >= 11 is 0. The number of piperidine rings is 1. The molecule has 4 atom stereocenters. The second kappa shape index (κ2) is 6.79. The van der Waals surface area contributed by atoms with Crippen LogP contribution < -0.4 is 4.72 Å². The van der Waals surface area contributed by atoms with E-state index in [4.69, 9.17) is 0 Å². The number of phenolic OH excluding ortho intramolecular Hbond substituents is 1. The lowest BCUT2D eigenvalue weighted by Crippen LogP contribution is -2.65. The van der Waals surface area contributed by atoms with Gasteiger partial charge in [0.2, 0.25) is 15.9 Å². The summed E-state index contributed by atoms with van der Waals surface area (Å²) in [6, 6.07) is 4.74. The maximum atomic E-state index is 13.5. The summed E-state index contributed by atoms with van der Waals surface area (Å²) in [6.07, 6.45) is 2.63. The van der Waals surface area contributed by atoms with Crippen LogP contribution in [0.3, 0.4) is 0 Å². The monoisotopic (exact) mass is 434 g/mol. The van der Waals surface area contributed by atoms with Crippen LogP contribution in [-0.2, 0) is 31.4 Å². The lowest BCUT2D eigenvalue weighted by atomic mass is 9.51. The number of nitrogens with zero attached hydrogens (tertiary/aromatic N) is 1. The minimum absolute atomic E-state index is 0.0643. The van der Waals surface area contributed by atoms with E-state index in [0.717, 1.165) is 23.8 Å². The number of aromatic hydroxyl groups is 1. The van der Waals surface area contributed by atoms with Crippen molar-refractivity contribution in [3.63, 3.8) is 0 Å². The number of nitrogens with one attached hydrogen (secondary N) is 1. The highest BCUT2D eigenvalue weighted by atomic mass is 32.2. The van der Waals surface area contributed by atoms with Crippen molar-refractivity contribution in [1.29, 1.82) is 0 Å². The van der Waals surface area contributed by atoms with E-state index in [9.17, 15) is 23.1 Å². The van der Waals surface area contributed by atoms with Crippen LogP contribution in [-0.4, -0.2) is 55.0 Å². The topological polar surface area (TPSA) is 104 Å². The minimum atomic E-state index is -3.52. The number of carbonyl (C=O) groups excluding carboxylic acids is 2. The predicted molar refractivity (Wildman–Crippen MR) is 113 cm³/mol. The van der Waals surface area contributed by atoms with Crippen molar-refractivity contribution in [3.8, 4) is 5.75 Å². The quantitative estimate of drug-likeness (QED) is 0.754. The Labute approximate surface area is 177 Å². The second-order valence-electron chi connectivity index (χ2n) is 9.90. The number of fused-ring (bicyclic) bond motifs is 4. The zero-order valence-electron chi connectivity index (χ0n) is 17.9. The number of sulfonamides is 1. The Morgan fingerprint density at radius 3 is 2.60 bits per heavy atom. The molecule has 0 radical (unpaired) electrons. The second-order valence-corrected chi connectivity index (χ2v) is 11.7. The van der Waals surface area contributed by atoms with Crippen LogP contribution in [0, 0.1) is 11.3 Å². The molecule has 0 unspecified atom stereocenters. The molecule has 1 aliphatic heterocycles. The zero-order chi connectivity index (χ0) is 22.1. The number of benzene rings is 1. The maximum Gasteiger partial charge on any atom is 0.226 e. The number of phenols is 1. The lowest BCUT2D eigenvalue weighted by molar-refractivity contribution is -0.148. The average molecular weight is 435 g/mol. The number of hydrogen-bond acceptors (Lipinski definition) is 5. The summed E-state index contributed by atoms with van der Waals surface area (Å²) in [5.41, 5.74) is 1.67. The molecule has 2 N–H and O–H groups in total. The molecule has 1 amide bonds. The molecular formula is C22H30N2O5S. The van der Waals surface area contributed by atoms with Gasteiger partial charge >= 0.3 is 0 Å². The maximum absolute atomic E-state index is 13.5. The first-order chi connectivity index (χ1) is 13.8. The molecule has 30 heavy (non-hydrogen) atoms. The molecule has 0 aromatic heterocycles. The Bertz CT molecular complexity index is 1020. The summed E-state index contributed by atoms with van der Waals surface area (Å²) in [7, 11) is -3.52. The van der Waals surface area contributed by atoms with Gasteiger partial charge in [0.15, 0.2) is 5.78 Å². The Balaban J connectivity index is 1.63. The standard InChI is InChI=1S/C22H30N2O5S/c1-21(2)19-12-14-15(6-5-7-17(14)25)22(21,3)8-9-24(19)20(27)13-10-16(18(26)11-13)23-30(4,28)29/h5-7,13,16,19,23,25H,8-12H2,1-4H3/t13-,16+,19-,22+/m1/s1. The van der Waals surface area contributed by atoms with Crippen LogP contribution >= 0.6 is 0 Å². The summed E-state index contributed by atoms with van der Waals surface area (Å²) in [6.45, 7) is 7.16. The number of hydrogen-bond donors (Lipinski definition) is 2. The highest BCUT2D eigenvalue weighted by Gasteiger charge is 2.58. The molecule has 2 bridgehead atoms. The molecule has 7 nitrogen and oxygen atoms in total. The first-order valence-corrected chi connectivity index (χ1v) is 12.4. The molecule has 1 saturated heterocycles. The van der Waals surface area contributed by atoms with Gasteiger partial charge in [-0.3, -0.25) is 9.59 Å². The van der Waals surface area contributed by atoms with Gasteiger partial charge in [-0.25, -0.2) is 13.1 Å². The van der Waals surface area contributed by atoms with Gasteiger partial charge < -0.3 is 10.0 Å². The van der Waals surface area contributed by atoms with Gasteiger partial charge in [-0.2, -0.15) is 0 Å². The summed E-state index contributed by atoms with van der Waals surface area (Å²) in [4.78, 5) is 27.7. The summed E-state index contributed by atoms with van der Waals surface area (Å²) < 4.78 is 25.4. The molecule has 1 heterocycles. The highest BCUT2D eigenvalue weighted by molar-refractivity contribution is 7.88. The van der Waals surface area contributed by atoms with Crippen LogP contribution in [0.15, 0.2) is 18.2 Å². The Kier molecular flexibility index (Phi) is 4.82. The van der Waals surface area contributed by atoms with E-state index in [1.165, 1.54) is 0 Å². The third-order valence-electron chi connectivity index (χ3n) is 7.97. The van der Waals surface area contributed by atoms with Crippen LogP contribution in [0.2, 0.25) is 0 Å². The molecule has 3 aliphatic rings. The van der Waals surface area contributed by atoms with Gasteiger partial charge in [-0.05, 0) is 41.9 Å². The smallest absolute Gasteiger partial charge is 0.226 e. The normalized spacial score (nSPS) is 32.7. The van der Waals surface area contributed by atoms with Gasteiger partial charge in [0.05, 0.1) is 12.3 Å². The third kappa shape index (κ3) is 3.15. The Morgan fingerprint density at radius 1 is 1.23 bits per heavy atom. The van der Waals surface area contributed by atoms with Crippen molar-refractivity contribution in [2.75, 3.05) is 12.8 Å². The fraction of sp³-hybridized carbons (Fsp3) is 0.636. The molecule has 4 rings (SSSR count). The van der Waals surface area contributed by atoms with E-state index in [1.807, 2.05) is 11.0 Å². The first kappa shape index (κ1) is 21.3. The van der Waals surface area contributed by atoms with E-state index in [0.29, 0.717) is 13.0 Å². The van der Waals surface area contributed by atoms with Gasteiger partial charge in [0, 0.05) is 30.3 Å². The zero-order valence-corrected chi connectivity index (χ0v) is 18.8. The molecule has 2 fully saturated rings. The Hall–Kier alpha value is -1.93. The molecule has 164 valence electrons. The van der Waals surface area contributed by atoms with E-state index < -0.39 is 22.0 Å². The SMILES string of the molecule is CC1(C)[C@H]2Cc3c(O)cccc3[C@]1(C)CCN2C(=O)[C@H]1CC(=O)[C@@H](NS(C)(=O)=O)C1. The van der Waals surface area contributed by atoms with Crippen LogP contribution in [0.25, 0.3) is 0 Å². The van der Waals surface area contributed by atoms with Gasteiger partial charge in [0.25, 0.3) is 0 Å². The van der Waals surface area contributed by atoms with E-state index in [1.54, 1.807) is 6.07 Å². The van der Waals surface area contributed by atoms with Gasteiger partial charge in [-0.1, -0.05) is 32.9 Å². The molecule has 2 aliphatic carbocycles. The largest absolute Gasteiger partial charge is 0.508 e. The molecule has 1 saturated carbocycles. The lowest BCUT2D eigenvalue weighted by Gasteiger charge is -2.61. The van der Waals surface area contributed by atoms with Crippen LogP contribution in [0.5, 0.6) is 5.75 Å².